The second kappa shape index (κ2) is 15.3. The molecule has 0 aliphatic carbocycles. The first kappa shape index (κ1) is 31.0. The largest absolute Gasteiger partial charge is 0.378 e. The fourth-order valence-corrected chi connectivity index (χ4v) is 5.12. The Bertz CT molecular complexity index is 1550. The second-order valence-electron chi connectivity index (χ2n) is 10.3. The molecule has 0 saturated heterocycles. The second-order valence-corrected chi connectivity index (χ2v) is 10.3. The van der Waals surface area contributed by atoms with E-state index in [0.717, 1.165) is 40.3 Å². The lowest BCUT2D eigenvalue weighted by molar-refractivity contribution is -0.118. The first-order chi connectivity index (χ1) is 21.6. The summed E-state index contributed by atoms with van der Waals surface area (Å²) < 4.78 is 12.8. The highest BCUT2D eigenvalue weighted by Crippen LogP contribution is 2.41. The number of benzene rings is 3. The van der Waals surface area contributed by atoms with Gasteiger partial charge in [-0.05, 0) is 50.0 Å². The van der Waals surface area contributed by atoms with Gasteiger partial charge in [-0.2, -0.15) is 0 Å². The van der Waals surface area contributed by atoms with E-state index in [1.807, 2.05) is 79.7 Å². The molecule has 0 saturated carbocycles. The molecular weight excluding hydrogens is 558 g/mol. The van der Waals surface area contributed by atoms with Crippen molar-refractivity contribution in [2.24, 2.45) is 0 Å². The summed E-state index contributed by atoms with van der Waals surface area (Å²) >= 11 is 0. The average Bonchev–Trinajstić information content (AvgIpc) is 3.49. The van der Waals surface area contributed by atoms with E-state index < -0.39 is 0 Å². The number of likely N-dealkylation sites (N-methyl/N-ethyl adjacent to an activating group) is 1. The van der Waals surface area contributed by atoms with Gasteiger partial charge in [0.05, 0.1) is 44.3 Å². The SMILES string of the molecule is CNCCOCCOCCNC(=O)c1ccc(-n2nnc3c2-c2ccccc2CN(C(=O)CCNC)c2ccccc2-3)cc1. The maximum absolute atomic E-state index is 13.4. The number of nitrogens with zero attached hydrogens (tertiary/aromatic N) is 4. The minimum atomic E-state index is -0.179. The molecule has 1 aliphatic rings. The molecule has 1 aromatic heterocycles. The first-order valence-electron chi connectivity index (χ1n) is 14.9. The average molecular weight is 598 g/mol. The molecule has 11 nitrogen and oxygen atoms in total. The van der Waals surface area contributed by atoms with Gasteiger partial charge in [-0.1, -0.05) is 47.7 Å². The molecule has 1 aliphatic heterocycles. The van der Waals surface area contributed by atoms with Crippen LogP contribution < -0.4 is 20.9 Å². The summed E-state index contributed by atoms with van der Waals surface area (Å²) in [4.78, 5) is 28.0. The van der Waals surface area contributed by atoms with Crippen molar-refractivity contribution in [3.8, 4) is 28.2 Å². The van der Waals surface area contributed by atoms with Crippen molar-refractivity contribution in [1.82, 2.24) is 30.9 Å². The van der Waals surface area contributed by atoms with Crippen LogP contribution in [0.5, 0.6) is 0 Å². The first-order valence-corrected chi connectivity index (χ1v) is 14.9. The van der Waals surface area contributed by atoms with Crippen LogP contribution in [0.4, 0.5) is 5.69 Å². The van der Waals surface area contributed by atoms with E-state index >= 15 is 0 Å². The van der Waals surface area contributed by atoms with Crippen LogP contribution in [0.15, 0.2) is 72.8 Å². The van der Waals surface area contributed by atoms with Crippen LogP contribution >= 0.6 is 0 Å². The fraction of sp³-hybridized carbons (Fsp3) is 0.333. The molecule has 0 fully saturated rings. The third kappa shape index (κ3) is 7.20. The van der Waals surface area contributed by atoms with Gasteiger partial charge in [0.1, 0.15) is 11.4 Å². The van der Waals surface area contributed by atoms with Gasteiger partial charge in [0.2, 0.25) is 5.91 Å². The number of carbonyl (C=O) groups excluding carboxylic acids is 2. The molecule has 0 radical (unpaired) electrons. The number of hydrogen-bond donors (Lipinski definition) is 3. The third-order valence-electron chi connectivity index (χ3n) is 7.39. The smallest absolute Gasteiger partial charge is 0.251 e. The maximum atomic E-state index is 13.4. The molecule has 2 amide bonds. The highest BCUT2D eigenvalue weighted by atomic mass is 16.5. The molecule has 0 atom stereocenters. The molecular formula is C33H39N7O4. The predicted molar refractivity (Wildman–Crippen MR) is 170 cm³/mol. The number of carbonyl (C=O) groups is 2. The summed E-state index contributed by atoms with van der Waals surface area (Å²) in [5.74, 6) is -0.145. The predicted octanol–water partition coefficient (Wildman–Crippen LogP) is 3.04. The summed E-state index contributed by atoms with van der Waals surface area (Å²) in [6.45, 7) is 4.26. The van der Waals surface area contributed by atoms with Gasteiger partial charge in [-0.15, -0.1) is 5.10 Å². The monoisotopic (exact) mass is 597 g/mol. The van der Waals surface area contributed by atoms with Crippen LogP contribution in [0.3, 0.4) is 0 Å². The van der Waals surface area contributed by atoms with Crippen LogP contribution in [-0.4, -0.2) is 87.0 Å². The number of anilines is 1. The Morgan fingerprint density at radius 3 is 2.23 bits per heavy atom. The van der Waals surface area contributed by atoms with Crippen molar-refractivity contribution < 1.29 is 19.1 Å². The molecule has 0 unspecified atom stereocenters. The van der Waals surface area contributed by atoms with Crippen LogP contribution in [0.1, 0.15) is 22.3 Å². The molecule has 0 spiro atoms. The van der Waals surface area contributed by atoms with Gasteiger partial charge in [-0.3, -0.25) is 9.59 Å². The Labute approximate surface area is 257 Å². The number of aromatic nitrogens is 3. The summed E-state index contributed by atoms with van der Waals surface area (Å²) in [6.07, 6.45) is 0.381. The molecule has 3 N–H and O–H groups in total. The standard InChI is InChI=1S/C33H39N7O4/c1-34-16-15-30(41)39-23-25-7-3-4-8-27(25)32-31(28-9-5-6-10-29(28)39)37-38-40(32)26-13-11-24(12-14-26)33(42)36-18-20-44-22-21-43-19-17-35-2/h3-14,34-35H,15-23H2,1-2H3,(H,36,42). The van der Waals surface area contributed by atoms with Crippen LogP contribution in [-0.2, 0) is 20.8 Å². The van der Waals surface area contributed by atoms with Crippen LogP contribution in [0.2, 0.25) is 0 Å². The van der Waals surface area contributed by atoms with Crippen molar-refractivity contribution in [1.29, 1.82) is 0 Å². The van der Waals surface area contributed by atoms with E-state index in [-0.39, 0.29) is 11.8 Å². The minimum Gasteiger partial charge on any atom is -0.378 e. The lowest BCUT2D eigenvalue weighted by atomic mass is 9.95. The molecule has 0 bridgehead atoms. The number of amides is 2. The number of fused-ring (bicyclic) bond motifs is 5. The maximum Gasteiger partial charge on any atom is 0.251 e. The zero-order chi connectivity index (χ0) is 30.7. The Morgan fingerprint density at radius 2 is 1.48 bits per heavy atom. The number of nitrogens with one attached hydrogen (secondary N) is 3. The van der Waals surface area contributed by atoms with E-state index in [4.69, 9.17) is 9.47 Å². The molecule has 44 heavy (non-hydrogen) atoms. The lowest BCUT2D eigenvalue weighted by Crippen LogP contribution is -2.33. The Morgan fingerprint density at radius 1 is 0.795 bits per heavy atom. The zero-order valence-corrected chi connectivity index (χ0v) is 25.2. The third-order valence-corrected chi connectivity index (χ3v) is 7.39. The van der Waals surface area contributed by atoms with Gasteiger partial charge in [-0.25, -0.2) is 4.68 Å². The normalized spacial score (nSPS) is 12.1. The van der Waals surface area contributed by atoms with Gasteiger partial charge in [0, 0.05) is 42.7 Å². The fourth-order valence-electron chi connectivity index (χ4n) is 5.12. The van der Waals surface area contributed by atoms with Crippen LogP contribution in [0, 0.1) is 0 Å². The van der Waals surface area contributed by atoms with E-state index in [1.54, 1.807) is 16.8 Å². The Kier molecular flexibility index (Phi) is 10.8. The highest BCUT2D eigenvalue weighted by Gasteiger charge is 2.29. The van der Waals surface area contributed by atoms with Gasteiger partial charge in [0.15, 0.2) is 0 Å². The topological polar surface area (TPSA) is 123 Å². The number of ether oxygens (including phenoxy) is 2. The van der Waals surface area contributed by atoms with Crippen molar-refractivity contribution in [2.45, 2.75) is 13.0 Å². The van der Waals surface area contributed by atoms with Crippen molar-refractivity contribution in [2.75, 3.05) is 65.1 Å². The molecule has 230 valence electrons. The number of para-hydroxylation sites is 1. The van der Waals surface area contributed by atoms with Gasteiger partial charge < -0.3 is 30.3 Å². The Hall–Kier alpha value is -4.42. The molecule has 4 aromatic rings. The van der Waals surface area contributed by atoms with Gasteiger partial charge >= 0.3 is 0 Å². The summed E-state index contributed by atoms with van der Waals surface area (Å²) in [5.41, 5.74) is 6.40. The van der Waals surface area contributed by atoms with Crippen molar-refractivity contribution in [3.05, 3.63) is 83.9 Å². The molecule has 3 aromatic carbocycles. The Balaban J connectivity index is 1.35. The number of hydrogen-bond acceptors (Lipinski definition) is 8. The molecule has 5 rings (SSSR count). The van der Waals surface area contributed by atoms with E-state index in [2.05, 4.69) is 26.3 Å². The van der Waals surface area contributed by atoms with Crippen molar-refractivity contribution in [3.63, 3.8) is 0 Å². The minimum absolute atomic E-state index is 0.0343. The van der Waals surface area contributed by atoms with Crippen molar-refractivity contribution >= 4 is 17.5 Å². The summed E-state index contributed by atoms with van der Waals surface area (Å²) in [7, 11) is 3.72. The molecule has 11 heteroatoms. The quantitative estimate of drug-likeness (QED) is 0.190. The summed E-state index contributed by atoms with van der Waals surface area (Å²) in [5, 5.41) is 18.2. The lowest BCUT2D eigenvalue weighted by Gasteiger charge is -2.28. The van der Waals surface area contributed by atoms with Gasteiger partial charge in [0.25, 0.3) is 5.91 Å². The van der Waals surface area contributed by atoms with Crippen LogP contribution in [0.25, 0.3) is 28.2 Å². The summed E-state index contributed by atoms with van der Waals surface area (Å²) in [6, 6.07) is 23.1. The van der Waals surface area contributed by atoms with E-state index in [1.165, 1.54) is 0 Å². The number of rotatable bonds is 14. The molecule has 2 heterocycles. The highest BCUT2D eigenvalue weighted by molar-refractivity contribution is 6.00. The van der Waals surface area contributed by atoms with E-state index in [0.29, 0.717) is 63.7 Å². The zero-order valence-electron chi connectivity index (χ0n) is 25.2. The van der Waals surface area contributed by atoms with E-state index in [9.17, 15) is 9.59 Å².